The fourth-order valence-corrected chi connectivity index (χ4v) is 6.01. The van der Waals surface area contributed by atoms with E-state index in [-0.39, 0.29) is 24.5 Å². The number of carbonyl (C=O) groups is 1. The lowest BCUT2D eigenvalue weighted by Gasteiger charge is -2.32. The van der Waals surface area contributed by atoms with Crippen molar-refractivity contribution in [2.45, 2.75) is 50.1 Å². The molecule has 2 aromatic heterocycles. The van der Waals surface area contributed by atoms with Gasteiger partial charge in [0, 0.05) is 30.3 Å². The molecule has 7 nitrogen and oxygen atoms in total. The van der Waals surface area contributed by atoms with Crippen molar-refractivity contribution in [3.8, 4) is 11.3 Å². The molecule has 2 saturated carbocycles. The zero-order valence-electron chi connectivity index (χ0n) is 19.5. The molecule has 3 heterocycles. The summed E-state index contributed by atoms with van der Waals surface area (Å²) in [6.07, 6.45) is 4.17. The van der Waals surface area contributed by atoms with Crippen molar-refractivity contribution >= 4 is 35.0 Å². The number of esters is 1. The van der Waals surface area contributed by atoms with Crippen molar-refractivity contribution in [1.82, 2.24) is 10.1 Å². The zero-order valence-corrected chi connectivity index (χ0v) is 21.1. The number of piperidine rings is 1. The lowest BCUT2D eigenvalue weighted by Crippen LogP contribution is -2.39. The Labute approximate surface area is 217 Å². The fraction of sp³-hybridized carbons (Fsp3) is 0.423. The van der Waals surface area contributed by atoms with Gasteiger partial charge in [-0.15, -0.1) is 0 Å². The summed E-state index contributed by atoms with van der Waals surface area (Å²) in [5, 5.41) is 5.02. The number of ether oxygens (including phenoxy) is 2. The molecular formula is C26H24Cl2FN3O4. The molecule has 0 N–H and O–H groups in total. The van der Waals surface area contributed by atoms with Crippen molar-refractivity contribution in [3.05, 3.63) is 63.5 Å². The average Bonchev–Trinajstić information content (AvgIpc) is 3.22. The molecule has 6 rings (SSSR count). The largest absolute Gasteiger partial charge is 0.465 e. The second-order valence-corrected chi connectivity index (χ2v) is 10.5. The van der Waals surface area contributed by atoms with E-state index in [2.05, 4.69) is 15.0 Å². The average molecular weight is 532 g/mol. The number of rotatable bonds is 7. The van der Waals surface area contributed by atoms with Crippen LogP contribution in [0.15, 0.2) is 41.1 Å². The molecule has 1 aliphatic heterocycles. The van der Waals surface area contributed by atoms with Gasteiger partial charge < -0.3 is 18.9 Å². The maximum absolute atomic E-state index is 15.1. The Hall–Kier alpha value is -2.68. The van der Waals surface area contributed by atoms with Crippen LogP contribution in [0.1, 0.15) is 47.4 Å². The van der Waals surface area contributed by atoms with Gasteiger partial charge >= 0.3 is 5.97 Å². The van der Waals surface area contributed by atoms with Gasteiger partial charge in [0.25, 0.3) is 0 Å². The number of hydrogen-bond acceptors (Lipinski definition) is 7. The molecule has 3 fully saturated rings. The molecule has 3 aromatic rings. The predicted molar refractivity (Wildman–Crippen MR) is 132 cm³/mol. The number of nitrogens with zero attached hydrogens (tertiary/aromatic N) is 3. The number of carbonyl (C=O) groups excluding carboxylic acids is 1. The highest BCUT2D eigenvalue weighted by atomic mass is 35.5. The van der Waals surface area contributed by atoms with Crippen LogP contribution in [0.4, 0.5) is 10.2 Å². The van der Waals surface area contributed by atoms with E-state index in [9.17, 15) is 4.79 Å². The van der Waals surface area contributed by atoms with Crippen LogP contribution in [-0.2, 0) is 21.7 Å². The lowest BCUT2D eigenvalue weighted by atomic mass is 10.0. The number of anilines is 1. The molecule has 0 radical (unpaired) electrons. The smallest absolute Gasteiger partial charge is 0.339 e. The predicted octanol–water partition coefficient (Wildman–Crippen LogP) is 5.97. The van der Waals surface area contributed by atoms with Gasteiger partial charge in [-0.3, -0.25) is 0 Å². The monoisotopic (exact) mass is 531 g/mol. The summed E-state index contributed by atoms with van der Waals surface area (Å²) in [6, 6.07) is 9.06. The maximum atomic E-state index is 15.1. The molecule has 0 unspecified atom stereocenters. The van der Waals surface area contributed by atoms with Gasteiger partial charge in [-0.05, 0) is 49.9 Å². The van der Waals surface area contributed by atoms with E-state index >= 15 is 4.39 Å². The molecule has 0 amide bonds. The second-order valence-electron chi connectivity index (χ2n) is 9.68. The SMILES string of the molecule is COC(=O)c1ccc(N2C[C@@H]3C[C@H]2C[C@H]3OCc2c(-c3c(Cl)cccc3Cl)noc2C2(F)CC2)nc1. The summed E-state index contributed by atoms with van der Waals surface area (Å²) >= 11 is 12.9. The van der Waals surface area contributed by atoms with Crippen molar-refractivity contribution in [2.24, 2.45) is 5.92 Å². The van der Waals surface area contributed by atoms with Gasteiger partial charge in [0.15, 0.2) is 11.4 Å². The van der Waals surface area contributed by atoms with E-state index in [0.717, 1.165) is 25.2 Å². The fourth-order valence-electron chi connectivity index (χ4n) is 5.43. The Morgan fingerprint density at radius 2 is 2.00 bits per heavy atom. The molecule has 1 aromatic carbocycles. The highest BCUT2D eigenvalue weighted by Crippen LogP contribution is 2.53. The van der Waals surface area contributed by atoms with Crippen LogP contribution in [0.2, 0.25) is 10.0 Å². The number of methoxy groups -OCH3 is 1. The molecule has 3 atom stereocenters. The van der Waals surface area contributed by atoms with E-state index < -0.39 is 11.6 Å². The van der Waals surface area contributed by atoms with Crippen LogP contribution in [0.3, 0.4) is 0 Å². The Bertz CT molecular complexity index is 1290. The maximum Gasteiger partial charge on any atom is 0.339 e. The van der Waals surface area contributed by atoms with E-state index in [0.29, 0.717) is 51.2 Å². The van der Waals surface area contributed by atoms with Gasteiger partial charge in [-0.25, -0.2) is 14.2 Å². The first-order chi connectivity index (χ1) is 17.4. The number of hydrogen-bond donors (Lipinski definition) is 0. The third-order valence-corrected chi connectivity index (χ3v) is 8.10. The minimum Gasteiger partial charge on any atom is -0.465 e. The molecule has 3 aliphatic rings. The standard InChI is InChI=1S/C26H24Cl2FN3O4/c1-34-25(33)14-5-6-21(30-11-14)32-12-15-9-16(32)10-20(15)35-13-17-23(22-18(27)3-2-4-19(22)28)31-36-24(17)26(29)7-8-26/h2-6,11,15-16,20H,7-10,12-13H2,1H3/t15-,16-,20+/m0/s1. The van der Waals surface area contributed by atoms with Gasteiger partial charge in [-0.2, -0.15) is 0 Å². The molecule has 0 spiro atoms. The van der Waals surface area contributed by atoms with Crippen molar-refractivity contribution in [3.63, 3.8) is 0 Å². The van der Waals surface area contributed by atoms with Crippen molar-refractivity contribution < 1.29 is 23.2 Å². The molecule has 2 aliphatic carbocycles. The third-order valence-electron chi connectivity index (χ3n) is 7.47. The zero-order chi connectivity index (χ0) is 25.0. The third kappa shape index (κ3) is 4.05. The van der Waals surface area contributed by atoms with Gasteiger partial charge in [0.2, 0.25) is 0 Å². The second kappa shape index (κ2) is 9.01. The summed E-state index contributed by atoms with van der Waals surface area (Å²) in [6.45, 7) is 0.966. The van der Waals surface area contributed by atoms with Crippen LogP contribution in [-0.4, -0.2) is 41.9 Å². The first kappa shape index (κ1) is 23.7. The number of fused-ring (bicyclic) bond motifs is 2. The summed E-state index contributed by atoms with van der Waals surface area (Å²) in [5.41, 5.74) is 0.450. The summed E-state index contributed by atoms with van der Waals surface area (Å²) in [5.74, 6) is 0.956. The molecular weight excluding hydrogens is 508 g/mol. The molecule has 36 heavy (non-hydrogen) atoms. The number of benzene rings is 1. The van der Waals surface area contributed by atoms with Crippen LogP contribution in [0.5, 0.6) is 0 Å². The Balaban J connectivity index is 1.18. The number of aromatic nitrogens is 2. The highest BCUT2D eigenvalue weighted by molar-refractivity contribution is 6.39. The normalized spacial score (nSPS) is 23.8. The number of alkyl halides is 1. The minimum absolute atomic E-state index is 0.0210. The van der Waals surface area contributed by atoms with Crippen LogP contribution >= 0.6 is 23.2 Å². The quantitative estimate of drug-likeness (QED) is 0.347. The van der Waals surface area contributed by atoms with Crippen LogP contribution < -0.4 is 4.90 Å². The Morgan fingerprint density at radius 1 is 1.22 bits per heavy atom. The summed E-state index contributed by atoms with van der Waals surface area (Å²) < 4.78 is 31.7. The highest BCUT2D eigenvalue weighted by Gasteiger charge is 2.51. The van der Waals surface area contributed by atoms with E-state index in [1.54, 1.807) is 30.5 Å². The lowest BCUT2D eigenvalue weighted by molar-refractivity contribution is 0.0113. The molecule has 188 valence electrons. The molecule has 2 bridgehead atoms. The van der Waals surface area contributed by atoms with Crippen molar-refractivity contribution in [1.29, 1.82) is 0 Å². The Morgan fingerprint density at radius 3 is 2.61 bits per heavy atom. The molecule has 10 heteroatoms. The van der Waals surface area contributed by atoms with E-state index in [1.807, 2.05) is 6.07 Å². The first-order valence-corrected chi connectivity index (χ1v) is 12.7. The van der Waals surface area contributed by atoms with Gasteiger partial charge in [-0.1, -0.05) is 34.4 Å². The first-order valence-electron chi connectivity index (χ1n) is 11.9. The van der Waals surface area contributed by atoms with Crippen molar-refractivity contribution in [2.75, 3.05) is 18.6 Å². The minimum atomic E-state index is -1.51. The summed E-state index contributed by atoms with van der Waals surface area (Å²) in [4.78, 5) is 18.4. The van der Waals surface area contributed by atoms with E-state index in [1.165, 1.54) is 7.11 Å². The topological polar surface area (TPSA) is 77.7 Å². The van der Waals surface area contributed by atoms with Gasteiger partial charge in [0.1, 0.15) is 11.5 Å². The number of pyridine rings is 1. The van der Waals surface area contributed by atoms with Crippen LogP contribution in [0.25, 0.3) is 11.3 Å². The summed E-state index contributed by atoms with van der Waals surface area (Å²) in [7, 11) is 1.35. The number of halogens is 3. The van der Waals surface area contributed by atoms with Crippen LogP contribution in [0, 0.1) is 5.92 Å². The molecule has 1 saturated heterocycles. The van der Waals surface area contributed by atoms with E-state index in [4.69, 9.17) is 37.2 Å². The Kier molecular flexibility index (Phi) is 5.93. The van der Waals surface area contributed by atoms with Gasteiger partial charge in [0.05, 0.1) is 41.0 Å².